The Morgan fingerprint density at radius 3 is 2.70 bits per heavy atom. The second-order valence-electron chi connectivity index (χ2n) is 5.65. The number of nitrogens with zero attached hydrogens (tertiary/aromatic N) is 1. The summed E-state index contributed by atoms with van der Waals surface area (Å²) in [6.07, 6.45) is 9.30. The van der Waals surface area contributed by atoms with Gasteiger partial charge in [-0.05, 0) is 53.7 Å². The van der Waals surface area contributed by atoms with Gasteiger partial charge in [-0.3, -0.25) is 4.98 Å². The van der Waals surface area contributed by atoms with E-state index in [1.54, 1.807) is 0 Å². The van der Waals surface area contributed by atoms with Crippen LogP contribution in [0.3, 0.4) is 0 Å². The lowest BCUT2D eigenvalue weighted by Gasteiger charge is -2.33. The van der Waals surface area contributed by atoms with Gasteiger partial charge >= 0.3 is 0 Å². The molecule has 1 heterocycles. The second-order valence-corrected chi connectivity index (χ2v) is 6.57. The predicted octanol–water partition coefficient (Wildman–Crippen LogP) is 3.70. The fraction of sp³-hybridized carbons (Fsp3) is 0.688. The van der Waals surface area contributed by atoms with E-state index in [9.17, 15) is 0 Å². The van der Waals surface area contributed by atoms with Gasteiger partial charge in [0.1, 0.15) is 0 Å². The third-order valence-electron chi connectivity index (χ3n) is 4.13. The average molecular weight is 341 g/mol. The molecule has 0 saturated heterocycles. The van der Waals surface area contributed by atoms with Crippen molar-refractivity contribution in [2.24, 2.45) is 11.7 Å². The van der Waals surface area contributed by atoms with Crippen molar-refractivity contribution >= 4 is 15.9 Å². The van der Waals surface area contributed by atoms with Crippen LogP contribution < -0.4 is 5.73 Å². The van der Waals surface area contributed by atoms with Crippen LogP contribution in [0.25, 0.3) is 0 Å². The summed E-state index contributed by atoms with van der Waals surface area (Å²) in [5.41, 5.74) is 7.47. The molecule has 1 fully saturated rings. The minimum absolute atomic E-state index is 0.0340. The van der Waals surface area contributed by atoms with Crippen LogP contribution in [0, 0.1) is 5.92 Å². The molecule has 1 aromatic heterocycles. The van der Waals surface area contributed by atoms with Crippen LogP contribution in [-0.4, -0.2) is 23.7 Å². The zero-order chi connectivity index (χ0) is 14.4. The summed E-state index contributed by atoms with van der Waals surface area (Å²) >= 11 is 3.41. The van der Waals surface area contributed by atoms with Crippen molar-refractivity contribution < 1.29 is 4.74 Å². The summed E-state index contributed by atoms with van der Waals surface area (Å²) in [5.74, 6) is 0.620. The predicted molar refractivity (Wildman–Crippen MR) is 85.6 cm³/mol. The minimum Gasteiger partial charge on any atom is -0.377 e. The summed E-state index contributed by atoms with van der Waals surface area (Å²) in [6, 6.07) is 4.09. The van der Waals surface area contributed by atoms with E-state index in [2.05, 4.69) is 27.8 Å². The third-order valence-corrected chi connectivity index (χ3v) is 4.60. The Morgan fingerprint density at radius 1 is 1.35 bits per heavy atom. The van der Waals surface area contributed by atoms with Gasteiger partial charge in [-0.15, -0.1) is 0 Å². The van der Waals surface area contributed by atoms with Crippen molar-refractivity contribution in [3.8, 4) is 0 Å². The number of hydrogen-bond acceptors (Lipinski definition) is 3. The van der Waals surface area contributed by atoms with Crippen LogP contribution in [0.4, 0.5) is 0 Å². The molecule has 1 aliphatic carbocycles. The molecule has 1 saturated carbocycles. The Bertz CT molecular complexity index is 390. The molecule has 0 spiro atoms. The van der Waals surface area contributed by atoms with E-state index in [1.807, 2.05) is 18.3 Å². The molecule has 3 nitrogen and oxygen atoms in total. The van der Waals surface area contributed by atoms with Gasteiger partial charge in [0, 0.05) is 35.4 Å². The van der Waals surface area contributed by atoms with Crippen LogP contribution in [0.1, 0.15) is 44.7 Å². The average Bonchev–Trinajstić information content (AvgIpc) is 2.48. The van der Waals surface area contributed by atoms with Gasteiger partial charge in [0.25, 0.3) is 0 Å². The molecule has 0 aliphatic heterocycles. The van der Waals surface area contributed by atoms with Gasteiger partial charge in [0.05, 0.1) is 6.10 Å². The number of nitrogens with two attached hydrogens (primary N) is 1. The molecule has 0 aromatic carbocycles. The van der Waals surface area contributed by atoms with Gasteiger partial charge in [-0.2, -0.15) is 0 Å². The molecule has 2 atom stereocenters. The topological polar surface area (TPSA) is 48.1 Å². The fourth-order valence-electron chi connectivity index (χ4n) is 3.15. The molecule has 0 bridgehead atoms. The van der Waals surface area contributed by atoms with Crippen LogP contribution in [0.5, 0.6) is 0 Å². The van der Waals surface area contributed by atoms with E-state index in [1.165, 1.54) is 32.1 Å². The quantitative estimate of drug-likeness (QED) is 0.858. The molecule has 0 radical (unpaired) electrons. The van der Waals surface area contributed by atoms with Crippen LogP contribution >= 0.6 is 15.9 Å². The molecule has 1 aromatic rings. The monoisotopic (exact) mass is 340 g/mol. The summed E-state index contributed by atoms with van der Waals surface area (Å²) in [5, 5.41) is 0. The number of rotatable bonds is 6. The highest BCUT2D eigenvalue weighted by Crippen LogP contribution is 2.29. The Balaban J connectivity index is 1.98. The van der Waals surface area contributed by atoms with E-state index in [4.69, 9.17) is 10.5 Å². The highest BCUT2D eigenvalue weighted by molar-refractivity contribution is 9.10. The summed E-state index contributed by atoms with van der Waals surface area (Å²) < 4.78 is 6.98. The Hall–Kier alpha value is -0.450. The van der Waals surface area contributed by atoms with E-state index >= 15 is 0 Å². The lowest BCUT2D eigenvalue weighted by molar-refractivity contribution is -0.00929. The summed E-state index contributed by atoms with van der Waals surface area (Å²) in [7, 11) is 0. The second kappa shape index (κ2) is 8.11. The highest BCUT2D eigenvalue weighted by Gasteiger charge is 2.29. The fourth-order valence-corrected chi connectivity index (χ4v) is 3.38. The van der Waals surface area contributed by atoms with E-state index in [-0.39, 0.29) is 12.1 Å². The zero-order valence-corrected chi connectivity index (χ0v) is 13.8. The molecule has 20 heavy (non-hydrogen) atoms. The number of ether oxygens (including phenoxy) is 1. The van der Waals surface area contributed by atoms with Gasteiger partial charge in [0.2, 0.25) is 0 Å². The molecule has 0 amide bonds. The number of pyridine rings is 1. The summed E-state index contributed by atoms with van der Waals surface area (Å²) in [6.45, 7) is 2.79. The Morgan fingerprint density at radius 2 is 2.10 bits per heavy atom. The van der Waals surface area contributed by atoms with Crippen LogP contribution in [0.2, 0.25) is 0 Å². The summed E-state index contributed by atoms with van der Waals surface area (Å²) in [4.78, 5) is 4.42. The van der Waals surface area contributed by atoms with Crippen molar-refractivity contribution in [3.63, 3.8) is 0 Å². The first-order valence-electron chi connectivity index (χ1n) is 7.68. The first kappa shape index (κ1) is 15.9. The normalized spacial score (nSPS) is 19.8. The van der Waals surface area contributed by atoms with Gasteiger partial charge in [-0.1, -0.05) is 19.3 Å². The standard InChI is InChI=1S/C16H25BrN2O/c1-2-20-16(12-6-4-3-5-7-12)15(18)10-14-9-8-13(17)11-19-14/h8-9,11-12,15-16H,2-7,10,18H2,1H3. The van der Waals surface area contributed by atoms with E-state index in [0.29, 0.717) is 5.92 Å². The first-order valence-corrected chi connectivity index (χ1v) is 8.47. The molecule has 2 N–H and O–H groups in total. The lowest BCUT2D eigenvalue weighted by atomic mass is 9.81. The number of hydrogen-bond donors (Lipinski definition) is 1. The highest BCUT2D eigenvalue weighted by atomic mass is 79.9. The van der Waals surface area contributed by atoms with Crippen molar-refractivity contribution in [1.29, 1.82) is 0 Å². The van der Waals surface area contributed by atoms with Crippen molar-refractivity contribution in [2.45, 2.75) is 57.6 Å². The molecule has 2 unspecified atom stereocenters. The molecule has 4 heteroatoms. The van der Waals surface area contributed by atoms with Gasteiger partial charge < -0.3 is 10.5 Å². The Kier molecular flexibility index (Phi) is 6.46. The van der Waals surface area contributed by atoms with E-state index < -0.39 is 0 Å². The van der Waals surface area contributed by atoms with Gasteiger partial charge in [-0.25, -0.2) is 0 Å². The van der Waals surface area contributed by atoms with E-state index in [0.717, 1.165) is 23.2 Å². The first-order chi connectivity index (χ1) is 9.70. The van der Waals surface area contributed by atoms with Crippen molar-refractivity contribution in [1.82, 2.24) is 4.98 Å². The van der Waals surface area contributed by atoms with Gasteiger partial charge in [0.15, 0.2) is 0 Å². The maximum Gasteiger partial charge on any atom is 0.0757 e. The molecule has 1 aliphatic rings. The Labute approximate surface area is 130 Å². The zero-order valence-electron chi connectivity index (χ0n) is 12.2. The molecule has 2 rings (SSSR count). The molecular weight excluding hydrogens is 316 g/mol. The van der Waals surface area contributed by atoms with Crippen molar-refractivity contribution in [2.75, 3.05) is 6.61 Å². The van der Waals surface area contributed by atoms with Crippen molar-refractivity contribution in [3.05, 3.63) is 28.5 Å². The largest absolute Gasteiger partial charge is 0.377 e. The lowest BCUT2D eigenvalue weighted by Crippen LogP contribution is -2.44. The number of aromatic nitrogens is 1. The minimum atomic E-state index is 0.0340. The molecular formula is C16H25BrN2O. The van der Waals surface area contributed by atoms with Crippen LogP contribution in [0.15, 0.2) is 22.8 Å². The smallest absolute Gasteiger partial charge is 0.0757 e. The maximum atomic E-state index is 6.43. The maximum absolute atomic E-state index is 6.43. The molecule has 112 valence electrons. The number of halogens is 1. The van der Waals surface area contributed by atoms with Crippen LogP contribution in [-0.2, 0) is 11.2 Å². The SMILES string of the molecule is CCOC(C(N)Cc1ccc(Br)cn1)C1CCCCC1. The third kappa shape index (κ3) is 4.54.